The van der Waals surface area contributed by atoms with E-state index in [1.807, 2.05) is 54.7 Å². The predicted molar refractivity (Wildman–Crippen MR) is 91.9 cm³/mol. The summed E-state index contributed by atoms with van der Waals surface area (Å²) in [6.45, 7) is 0. The zero-order valence-electron chi connectivity index (χ0n) is 12.0. The summed E-state index contributed by atoms with van der Waals surface area (Å²) in [5.74, 6) is 0.762. The highest BCUT2D eigenvalue weighted by atomic mass is 35.5. The van der Waals surface area contributed by atoms with Crippen molar-refractivity contribution in [2.45, 2.75) is 0 Å². The molecule has 0 aliphatic carbocycles. The van der Waals surface area contributed by atoms with Gasteiger partial charge in [0.05, 0.1) is 11.9 Å². The standard InChI is InChI=1S/C17H12ClN5/c18-14-10-20-17-16(23-14)12(9-19-17)13-7-4-8-15(22-13)21-11-5-2-1-3-6-11/h1-10H,(H,19,20)(H,21,22). The first kappa shape index (κ1) is 13.7. The Kier molecular flexibility index (Phi) is 3.40. The molecule has 4 aromatic rings. The Balaban J connectivity index is 1.74. The third-order valence-electron chi connectivity index (χ3n) is 3.42. The second-order valence-corrected chi connectivity index (χ2v) is 5.38. The van der Waals surface area contributed by atoms with Crippen LogP contribution in [0.4, 0.5) is 11.5 Å². The van der Waals surface area contributed by atoms with E-state index in [0.717, 1.165) is 22.8 Å². The molecule has 0 spiro atoms. The third-order valence-corrected chi connectivity index (χ3v) is 3.60. The fourth-order valence-electron chi connectivity index (χ4n) is 2.39. The van der Waals surface area contributed by atoms with Crippen molar-refractivity contribution in [1.29, 1.82) is 0 Å². The van der Waals surface area contributed by atoms with Gasteiger partial charge in [-0.3, -0.25) is 0 Å². The van der Waals surface area contributed by atoms with Crippen LogP contribution in [0, 0.1) is 0 Å². The molecule has 0 aliphatic heterocycles. The molecule has 0 unspecified atom stereocenters. The molecule has 0 saturated heterocycles. The monoisotopic (exact) mass is 321 g/mol. The van der Waals surface area contributed by atoms with E-state index >= 15 is 0 Å². The lowest BCUT2D eigenvalue weighted by molar-refractivity contribution is 1.26. The number of halogens is 1. The van der Waals surface area contributed by atoms with Gasteiger partial charge in [0.1, 0.15) is 16.5 Å². The van der Waals surface area contributed by atoms with Crippen LogP contribution in [0.2, 0.25) is 5.15 Å². The number of benzene rings is 1. The fourth-order valence-corrected chi connectivity index (χ4v) is 2.52. The molecule has 3 aromatic heterocycles. The Bertz CT molecular complexity index is 965. The van der Waals surface area contributed by atoms with Gasteiger partial charge in [0.2, 0.25) is 0 Å². The van der Waals surface area contributed by atoms with Gasteiger partial charge >= 0.3 is 0 Å². The molecule has 0 fully saturated rings. The summed E-state index contributed by atoms with van der Waals surface area (Å²) < 4.78 is 0. The maximum Gasteiger partial charge on any atom is 0.156 e. The summed E-state index contributed by atoms with van der Waals surface area (Å²) in [4.78, 5) is 16.3. The number of hydrogen-bond acceptors (Lipinski definition) is 4. The van der Waals surface area contributed by atoms with Crippen LogP contribution in [-0.4, -0.2) is 19.9 Å². The van der Waals surface area contributed by atoms with Crippen molar-refractivity contribution in [3.05, 3.63) is 66.1 Å². The van der Waals surface area contributed by atoms with Crippen molar-refractivity contribution in [2.75, 3.05) is 5.32 Å². The first-order chi connectivity index (χ1) is 11.3. The number of rotatable bonds is 3. The largest absolute Gasteiger partial charge is 0.344 e. The van der Waals surface area contributed by atoms with E-state index in [-0.39, 0.29) is 0 Å². The molecule has 1 aromatic carbocycles. The maximum atomic E-state index is 5.95. The third kappa shape index (κ3) is 2.74. The second kappa shape index (κ2) is 5.70. The van der Waals surface area contributed by atoms with Crippen LogP contribution >= 0.6 is 11.6 Å². The number of hydrogen-bond donors (Lipinski definition) is 2. The van der Waals surface area contributed by atoms with E-state index in [0.29, 0.717) is 16.3 Å². The first-order valence-corrected chi connectivity index (χ1v) is 7.46. The molecule has 3 heterocycles. The summed E-state index contributed by atoms with van der Waals surface area (Å²) in [5.41, 5.74) is 4.05. The van der Waals surface area contributed by atoms with E-state index in [1.165, 1.54) is 6.20 Å². The lowest BCUT2D eigenvalue weighted by Gasteiger charge is -2.07. The highest BCUT2D eigenvalue weighted by molar-refractivity contribution is 6.29. The number of aromatic amines is 1. The van der Waals surface area contributed by atoms with Crippen LogP contribution < -0.4 is 5.32 Å². The average Bonchev–Trinajstić information content (AvgIpc) is 2.99. The van der Waals surface area contributed by atoms with Crippen molar-refractivity contribution in [2.24, 2.45) is 0 Å². The van der Waals surface area contributed by atoms with Gasteiger partial charge in [-0.05, 0) is 24.3 Å². The fraction of sp³-hybridized carbons (Fsp3) is 0. The van der Waals surface area contributed by atoms with Crippen LogP contribution in [0.3, 0.4) is 0 Å². The molecule has 0 bridgehead atoms. The van der Waals surface area contributed by atoms with Crippen molar-refractivity contribution in [3.63, 3.8) is 0 Å². The van der Waals surface area contributed by atoms with Gasteiger partial charge in [0, 0.05) is 17.4 Å². The van der Waals surface area contributed by atoms with Crippen molar-refractivity contribution in [1.82, 2.24) is 19.9 Å². The molecule has 0 aliphatic rings. The summed E-state index contributed by atoms with van der Waals surface area (Å²) in [6.07, 6.45) is 3.36. The SMILES string of the molecule is Clc1cnc2[nH]cc(-c3cccc(Nc4ccccc4)n3)c2n1. The molecular formula is C17H12ClN5. The summed E-state index contributed by atoms with van der Waals surface area (Å²) in [6, 6.07) is 15.7. The van der Waals surface area contributed by atoms with Crippen LogP contribution in [0.1, 0.15) is 0 Å². The van der Waals surface area contributed by atoms with Gasteiger partial charge in [0.25, 0.3) is 0 Å². The number of pyridine rings is 1. The molecule has 0 saturated carbocycles. The zero-order chi connectivity index (χ0) is 15.6. The minimum absolute atomic E-state index is 0.358. The van der Waals surface area contributed by atoms with E-state index in [2.05, 4.69) is 25.3 Å². The Morgan fingerprint density at radius 1 is 0.957 bits per heavy atom. The van der Waals surface area contributed by atoms with E-state index in [4.69, 9.17) is 11.6 Å². The lowest BCUT2D eigenvalue weighted by atomic mass is 10.2. The second-order valence-electron chi connectivity index (χ2n) is 4.99. The molecule has 0 atom stereocenters. The zero-order valence-corrected chi connectivity index (χ0v) is 12.7. The topological polar surface area (TPSA) is 66.5 Å². The number of H-pyrrole nitrogens is 1. The molecule has 0 amide bonds. The molecule has 5 nitrogen and oxygen atoms in total. The average molecular weight is 322 g/mol. The number of nitrogens with one attached hydrogen (secondary N) is 2. The Hall–Kier alpha value is -2.92. The van der Waals surface area contributed by atoms with Crippen molar-refractivity contribution >= 4 is 34.3 Å². The van der Waals surface area contributed by atoms with E-state index < -0.39 is 0 Å². The molecule has 112 valence electrons. The van der Waals surface area contributed by atoms with Crippen LogP contribution in [0.25, 0.3) is 22.4 Å². The molecule has 0 radical (unpaired) electrons. The quantitative estimate of drug-likeness (QED) is 0.586. The Morgan fingerprint density at radius 2 is 1.83 bits per heavy atom. The smallest absolute Gasteiger partial charge is 0.156 e. The van der Waals surface area contributed by atoms with Crippen molar-refractivity contribution < 1.29 is 0 Å². The Labute approximate surface area is 137 Å². The Morgan fingerprint density at radius 3 is 2.70 bits per heavy atom. The highest BCUT2D eigenvalue weighted by Gasteiger charge is 2.11. The molecule has 4 rings (SSSR count). The highest BCUT2D eigenvalue weighted by Crippen LogP contribution is 2.27. The van der Waals surface area contributed by atoms with E-state index in [1.54, 1.807) is 0 Å². The number of fused-ring (bicyclic) bond motifs is 1. The van der Waals surface area contributed by atoms with Gasteiger partial charge in [-0.2, -0.15) is 0 Å². The number of nitrogens with zero attached hydrogens (tertiary/aromatic N) is 3. The first-order valence-electron chi connectivity index (χ1n) is 7.09. The van der Waals surface area contributed by atoms with Crippen LogP contribution in [-0.2, 0) is 0 Å². The minimum Gasteiger partial charge on any atom is -0.344 e. The van der Waals surface area contributed by atoms with Gasteiger partial charge in [-0.25, -0.2) is 15.0 Å². The minimum atomic E-state index is 0.358. The van der Waals surface area contributed by atoms with Gasteiger partial charge in [-0.1, -0.05) is 35.9 Å². The lowest BCUT2D eigenvalue weighted by Crippen LogP contribution is -1.94. The molecule has 6 heteroatoms. The predicted octanol–water partition coefficient (Wildman–Crippen LogP) is 4.42. The van der Waals surface area contributed by atoms with Gasteiger partial charge < -0.3 is 10.3 Å². The van der Waals surface area contributed by atoms with E-state index in [9.17, 15) is 0 Å². The summed E-state index contributed by atoms with van der Waals surface area (Å²) in [5, 5.41) is 3.64. The molecular weight excluding hydrogens is 310 g/mol. The van der Waals surface area contributed by atoms with Crippen LogP contribution in [0.5, 0.6) is 0 Å². The summed E-state index contributed by atoms with van der Waals surface area (Å²) >= 11 is 5.95. The maximum absolute atomic E-state index is 5.95. The number of para-hydroxylation sites is 1. The molecule has 23 heavy (non-hydrogen) atoms. The van der Waals surface area contributed by atoms with Crippen molar-refractivity contribution in [3.8, 4) is 11.3 Å². The number of aromatic nitrogens is 4. The summed E-state index contributed by atoms with van der Waals surface area (Å²) in [7, 11) is 0. The van der Waals surface area contributed by atoms with Gasteiger partial charge in [0.15, 0.2) is 5.65 Å². The normalized spacial score (nSPS) is 10.8. The number of anilines is 2. The molecule has 2 N–H and O–H groups in total. The van der Waals surface area contributed by atoms with Crippen LogP contribution in [0.15, 0.2) is 60.9 Å². The van der Waals surface area contributed by atoms with Gasteiger partial charge in [-0.15, -0.1) is 0 Å².